The minimum atomic E-state index is -0.483. The van der Waals surface area contributed by atoms with Crippen LogP contribution in [0.5, 0.6) is 0 Å². The fraction of sp³-hybridized carbons (Fsp3) is 0.0556. The molecule has 10 nitrogen and oxygen atoms in total. The fourth-order valence-corrected chi connectivity index (χ4v) is 9.03. The van der Waals surface area contributed by atoms with Crippen LogP contribution in [-0.4, -0.2) is 32.3 Å². The Hall–Kier alpha value is -6.70. The largest absolute Gasteiger partial charge is 0.342 e. The van der Waals surface area contributed by atoms with Gasteiger partial charge in [-0.05, 0) is 36.4 Å². The van der Waals surface area contributed by atoms with Gasteiger partial charge in [-0.25, -0.2) is 0 Å². The molecular formula is C36H14N6O4S2. The zero-order chi connectivity index (χ0) is 33.8. The Kier molecular flexibility index (Phi) is 5.93. The number of hydrogen-bond acceptors (Lipinski definition) is 8. The predicted molar refractivity (Wildman–Crippen MR) is 181 cm³/mol. The third-order valence-corrected chi connectivity index (χ3v) is 11.2. The lowest BCUT2D eigenvalue weighted by Gasteiger charge is -2.02. The van der Waals surface area contributed by atoms with Gasteiger partial charge < -0.3 is 9.13 Å². The first-order valence-electron chi connectivity index (χ1n) is 14.1. The molecule has 0 atom stereocenters. The van der Waals surface area contributed by atoms with Gasteiger partial charge in [0.15, 0.2) is 34.5 Å². The number of nitrogens with zero attached hydrogens (tertiary/aromatic N) is 6. The summed E-state index contributed by atoms with van der Waals surface area (Å²) in [4.78, 5) is 60.3. The van der Waals surface area contributed by atoms with Crippen molar-refractivity contribution >= 4 is 100.0 Å². The van der Waals surface area contributed by atoms with E-state index in [1.807, 2.05) is 47.5 Å². The molecule has 0 bridgehead atoms. The number of allylic oxidation sites excluding steroid dienone is 2. The molecule has 224 valence electrons. The Morgan fingerprint density at radius 2 is 1.19 bits per heavy atom. The fourth-order valence-electron chi connectivity index (χ4n) is 6.45. The molecule has 0 saturated carbocycles. The van der Waals surface area contributed by atoms with Gasteiger partial charge in [0.2, 0.25) is 0 Å². The Morgan fingerprint density at radius 1 is 0.667 bits per heavy atom. The van der Waals surface area contributed by atoms with Crippen molar-refractivity contribution in [3.8, 4) is 12.1 Å². The molecule has 2 aliphatic carbocycles. The summed E-state index contributed by atoms with van der Waals surface area (Å²) in [7, 11) is 3.78. The van der Waals surface area contributed by atoms with E-state index >= 15 is 0 Å². The van der Waals surface area contributed by atoms with Crippen molar-refractivity contribution in [3.63, 3.8) is 0 Å². The maximum Gasteiger partial charge on any atom is 0.197 e. The van der Waals surface area contributed by atoms with Crippen LogP contribution in [0.4, 0.5) is 11.4 Å². The minimum Gasteiger partial charge on any atom is -0.342 e. The number of thiophene rings is 2. The van der Waals surface area contributed by atoms with Gasteiger partial charge >= 0.3 is 0 Å². The highest BCUT2D eigenvalue weighted by molar-refractivity contribution is 7.31. The van der Waals surface area contributed by atoms with Gasteiger partial charge in [0, 0.05) is 46.9 Å². The number of aromatic nitrogens is 2. The quantitative estimate of drug-likeness (QED) is 0.106. The molecule has 8 rings (SSSR count). The normalized spacial score (nSPS) is 13.6. The van der Waals surface area contributed by atoms with Crippen LogP contribution in [0.3, 0.4) is 0 Å². The number of ketones is 4. The topological polar surface area (TPSA) is 134 Å². The zero-order valence-electron chi connectivity index (χ0n) is 24.8. The van der Waals surface area contributed by atoms with Gasteiger partial charge in [0.25, 0.3) is 0 Å². The van der Waals surface area contributed by atoms with Gasteiger partial charge in [0.1, 0.15) is 12.1 Å². The molecule has 0 aliphatic heterocycles. The zero-order valence-corrected chi connectivity index (χ0v) is 26.4. The first kappa shape index (κ1) is 28.8. The number of carbonyl (C=O) groups is 4. The predicted octanol–water partition coefficient (Wildman–Crippen LogP) is 7.72. The standard InChI is InChI=1S/C36H14N6O4S2/c1-39-25-11-21-22(12-26(25)40-2)34(46)23(33(21)45)7-17-8-28-29(41(17)3)30-36(48-28)35-27(42(30)4)10-18(47-35)9-24-31(43)19-5-15(13-37)16(14-38)6-20(19)32(24)44/h5-12H,3-4H3. The molecule has 0 fully saturated rings. The molecule has 12 heteroatoms. The molecule has 4 heterocycles. The summed E-state index contributed by atoms with van der Waals surface area (Å²) in [6, 6.07) is 12.9. The number of benzene rings is 2. The second kappa shape index (κ2) is 9.90. The second-order valence-electron chi connectivity index (χ2n) is 11.3. The Morgan fingerprint density at radius 3 is 1.71 bits per heavy atom. The highest BCUT2D eigenvalue weighted by Crippen LogP contribution is 2.46. The molecule has 0 radical (unpaired) electrons. The van der Waals surface area contributed by atoms with E-state index in [0.717, 1.165) is 30.6 Å². The Balaban J connectivity index is 1.19. The smallest absolute Gasteiger partial charge is 0.197 e. The van der Waals surface area contributed by atoms with E-state index in [9.17, 15) is 29.7 Å². The maximum absolute atomic E-state index is 13.3. The van der Waals surface area contributed by atoms with Crippen molar-refractivity contribution < 1.29 is 19.2 Å². The third-order valence-electron chi connectivity index (χ3n) is 8.81. The van der Waals surface area contributed by atoms with E-state index in [-0.39, 0.29) is 55.9 Å². The van der Waals surface area contributed by atoms with E-state index in [4.69, 9.17) is 13.1 Å². The van der Waals surface area contributed by atoms with E-state index in [1.165, 1.54) is 35.6 Å². The van der Waals surface area contributed by atoms with Crippen molar-refractivity contribution in [1.82, 2.24) is 9.13 Å². The van der Waals surface area contributed by atoms with E-state index < -0.39 is 23.1 Å². The highest BCUT2D eigenvalue weighted by Gasteiger charge is 2.36. The third kappa shape index (κ3) is 3.67. The lowest BCUT2D eigenvalue weighted by Crippen LogP contribution is -2.02. The van der Waals surface area contributed by atoms with E-state index in [1.54, 1.807) is 23.5 Å². The van der Waals surface area contributed by atoms with Gasteiger partial charge in [-0.2, -0.15) is 10.5 Å². The number of Topliss-reactive ketones (excluding diaryl/α,β-unsaturated/α-hetero) is 4. The van der Waals surface area contributed by atoms with Crippen LogP contribution >= 0.6 is 22.7 Å². The van der Waals surface area contributed by atoms with E-state index in [0.29, 0.717) is 10.6 Å². The van der Waals surface area contributed by atoms with Crippen molar-refractivity contribution in [2.45, 2.75) is 0 Å². The summed E-state index contributed by atoms with van der Waals surface area (Å²) in [5.41, 5.74) is 4.00. The molecule has 0 unspecified atom stereocenters. The van der Waals surface area contributed by atoms with Crippen LogP contribution in [-0.2, 0) is 14.1 Å². The van der Waals surface area contributed by atoms with Gasteiger partial charge in [-0.1, -0.05) is 12.1 Å². The average Bonchev–Trinajstić information content (AvgIpc) is 3.89. The first-order chi connectivity index (χ1) is 23.1. The Labute approximate surface area is 278 Å². The minimum absolute atomic E-state index is 0.0189. The summed E-state index contributed by atoms with van der Waals surface area (Å²) < 4.78 is 6.86. The van der Waals surface area contributed by atoms with Crippen molar-refractivity contribution in [2.75, 3.05) is 0 Å². The highest BCUT2D eigenvalue weighted by atomic mass is 32.1. The van der Waals surface area contributed by atoms with Gasteiger partial charge in [-0.3, -0.25) is 28.9 Å². The number of nitriles is 2. The summed E-state index contributed by atoms with van der Waals surface area (Å²) in [6.07, 6.45) is 3.12. The lowest BCUT2D eigenvalue weighted by molar-refractivity contribution is 0.0975. The van der Waals surface area contributed by atoms with Crippen LogP contribution in [0.2, 0.25) is 0 Å². The molecular weight excluding hydrogens is 645 g/mol. The van der Waals surface area contributed by atoms with Gasteiger partial charge in [0.05, 0.1) is 66.1 Å². The second-order valence-corrected chi connectivity index (χ2v) is 13.4. The van der Waals surface area contributed by atoms with Crippen LogP contribution in [0.25, 0.3) is 52.5 Å². The maximum atomic E-state index is 13.3. The number of aryl methyl sites for hydroxylation is 2. The summed E-state index contributed by atoms with van der Waals surface area (Å²) in [6.45, 7) is 14.7. The summed E-state index contributed by atoms with van der Waals surface area (Å²) in [5.74, 6) is -1.93. The molecule has 0 N–H and O–H groups in total. The van der Waals surface area contributed by atoms with Crippen LogP contribution in [0.1, 0.15) is 63.1 Å². The molecule has 2 aliphatic rings. The SMILES string of the molecule is [C-]#[N+]c1cc2c(cc1[N+]#[C-])C(=O)C(=Cc1cc3sc4c5sc(C=C6C(=O)c7cc(C#N)c(C#N)cc7C6=O)cc5n(C)c4c3n1C)C2=O. The van der Waals surface area contributed by atoms with Crippen LogP contribution < -0.4 is 0 Å². The molecule has 0 amide bonds. The molecule has 0 spiro atoms. The number of rotatable bonds is 2. The molecule has 48 heavy (non-hydrogen) atoms. The summed E-state index contributed by atoms with van der Waals surface area (Å²) in [5, 5.41) is 18.7. The molecule has 2 aromatic carbocycles. The van der Waals surface area contributed by atoms with E-state index in [2.05, 4.69) is 9.69 Å². The van der Waals surface area contributed by atoms with Crippen LogP contribution in [0.15, 0.2) is 47.5 Å². The Bertz CT molecular complexity index is 2770. The number of fused-ring (bicyclic) bond motifs is 7. The molecule has 0 saturated heterocycles. The summed E-state index contributed by atoms with van der Waals surface area (Å²) >= 11 is 2.98. The first-order valence-corrected chi connectivity index (χ1v) is 15.8. The molecule has 6 aromatic rings. The lowest BCUT2D eigenvalue weighted by atomic mass is 10.0. The van der Waals surface area contributed by atoms with Crippen molar-refractivity contribution in [1.29, 1.82) is 10.5 Å². The number of hydrogen-bond donors (Lipinski definition) is 0. The van der Waals surface area contributed by atoms with Gasteiger partial charge in [-0.15, -0.1) is 22.7 Å². The van der Waals surface area contributed by atoms with Crippen molar-refractivity contribution in [3.05, 3.63) is 114 Å². The monoisotopic (exact) mass is 658 g/mol. The van der Waals surface area contributed by atoms with Crippen molar-refractivity contribution in [2.24, 2.45) is 14.1 Å². The average molecular weight is 659 g/mol. The number of carbonyl (C=O) groups excluding carboxylic acids is 4. The molecule has 4 aromatic heterocycles. The van der Waals surface area contributed by atoms with Crippen LogP contribution in [0, 0.1) is 35.8 Å².